The highest BCUT2D eigenvalue weighted by Crippen LogP contribution is 2.17. The van der Waals surface area contributed by atoms with Crippen LogP contribution < -0.4 is 5.32 Å². The summed E-state index contributed by atoms with van der Waals surface area (Å²) < 4.78 is 0. The van der Waals surface area contributed by atoms with Crippen molar-refractivity contribution < 1.29 is 0 Å². The average molecular weight is 239 g/mol. The monoisotopic (exact) mass is 239 g/mol. The van der Waals surface area contributed by atoms with Crippen LogP contribution in [-0.2, 0) is 0 Å². The van der Waals surface area contributed by atoms with Gasteiger partial charge in [-0.25, -0.2) is 9.97 Å². The van der Waals surface area contributed by atoms with Crippen LogP contribution >= 0.6 is 0 Å². The standard InChI is InChI=1S/C15H17N3/c1-4-8-12(5-2)17-15-11(3)16-13-9-6-7-10-14(13)18-15/h1,6-7,9-10,12H,5,8H2,2-3H3,(H,17,18). The summed E-state index contributed by atoms with van der Waals surface area (Å²) in [5, 5.41) is 3.37. The van der Waals surface area contributed by atoms with E-state index >= 15 is 0 Å². The SMILES string of the molecule is C#CCC(CC)Nc1nc2ccccc2nc1C. The zero-order chi connectivity index (χ0) is 13.0. The lowest BCUT2D eigenvalue weighted by Crippen LogP contribution is -2.19. The van der Waals surface area contributed by atoms with Gasteiger partial charge in [-0.05, 0) is 25.5 Å². The van der Waals surface area contributed by atoms with Crippen molar-refractivity contribution in [1.29, 1.82) is 0 Å². The van der Waals surface area contributed by atoms with Crippen molar-refractivity contribution in [2.75, 3.05) is 5.32 Å². The van der Waals surface area contributed by atoms with Crippen LogP contribution in [0.2, 0.25) is 0 Å². The van der Waals surface area contributed by atoms with Gasteiger partial charge < -0.3 is 5.32 Å². The number of terminal acetylenes is 1. The summed E-state index contributed by atoms with van der Waals surface area (Å²) in [6.45, 7) is 4.07. The number of nitrogens with one attached hydrogen (secondary N) is 1. The topological polar surface area (TPSA) is 37.8 Å². The van der Waals surface area contributed by atoms with E-state index in [-0.39, 0.29) is 6.04 Å². The van der Waals surface area contributed by atoms with Gasteiger partial charge >= 0.3 is 0 Å². The molecule has 1 heterocycles. The van der Waals surface area contributed by atoms with Crippen molar-refractivity contribution >= 4 is 16.9 Å². The fraction of sp³-hybridized carbons (Fsp3) is 0.333. The molecule has 0 bridgehead atoms. The van der Waals surface area contributed by atoms with Crippen LogP contribution in [0.15, 0.2) is 24.3 Å². The molecule has 0 radical (unpaired) electrons. The Hall–Kier alpha value is -2.08. The van der Waals surface area contributed by atoms with Gasteiger partial charge in [-0.1, -0.05) is 19.1 Å². The Bertz CT molecular complexity index is 584. The fourth-order valence-corrected chi connectivity index (χ4v) is 1.86. The Morgan fingerprint density at radius 2 is 1.94 bits per heavy atom. The number of hydrogen-bond acceptors (Lipinski definition) is 3. The summed E-state index contributed by atoms with van der Waals surface area (Å²) >= 11 is 0. The lowest BCUT2D eigenvalue weighted by molar-refractivity contribution is 0.710. The molecule has 0 saturated heterocycles. The van der Waals surface area contributed by atoms with E-state index in [1.807, 2.05) is 31.2 Å². The molecule has 0 aliphatic carbocycles. The summed E-state index contributed by atoms with van der Waals surface area (Å²) in [5.41, 5.74) is 2.73. The molecule has 0 saturated carbocycles. The molecule has 0 aliphatic rings. The van der Waals surface area contributed by atoms with Crippen molar-refractivity contribution in [3.8, 4) is 12.3 Å². The number of para-hydroxylation sites is 2. The molecule has 0 aliphatic heterocycles. The Labute approximate surface area is 108 Å². The van der Waals surface area contributed by atoms with Gasteiger partial charge in [0.1, 0.15) is 5.82 Å². The van der Waals surface area contributed by atoms with Crippen LogP contribution in [0.25, 0.3) is 11.0 Å². The minimum Gasteiger partial charge on any atom is -0.365 e. The maximum Gasteiger partial charge on any atom is 0.148 e. The first-order chi connectivity index (χ1) is 8.74. The van der Waals surface area contributed by atoms with Gasteiger partial charge in [-0.3, -0.25) is 0 Å². The van der Waals surface area contributed by atoms with Gasteiger partial charge in [0.25, 0.3) is 0 Å². The highest BCUT2D eigenvalue weighted by molar-refractivity contribution is 5.76. The molecule has 1 atom stereocenters. The van der Waals surface area contributed by atoms with E-state index in [4.69, 9.17) is 6.42 Å². The van der Waals surface area contributed by atoms with Gasteiger partial charge in [0, 0.05) is 12.5 Å². The van der Waals surface area contributed by atoms with Crippen LogP contribution in [0.5, 0.6) is 0 Å². The lowest BCUT2D eigenvalue weighted by atomic mass is 10.1. The van der Waals surface area contributed by atoms with E-state index in [9.17, 15) is 0 Å². The predicted molar refractivity (Wildman–Crippen MR) is 75.4 cm³/mol. The van der Waals surface area contributed by atoms with Crippen molar-refractivity contribution in [3.05, 3.63) is 30.0 Å². The molecule has 1 unspecified atom stereocenters. The second kappa shape index (κ2) is 5.50. The quantitative estimate of drug-likeness (QED) is 0.833. The molecule has 0 fully saturated rings. The molecular weight excluding hydrogens is 222 g/mol. The summed E-state index contributed by atoms with van der Waals surface area (Å²) in [6, 6.07) is 8.13. The third-order valence-electron chi connectivity index (χ3n) is 2.94. The zero-order valence-electron chi connectivity index (χ0n) is 10.8. The van der Waals surface area contributed by atoms with E-state index in [1.165, 1.54) is 0 Å². The van der Waals surface area contributed by atoms with Gasteiger partial charge in [-0.15, -0.1) is 12.3 Å². The summed E-state index contributed by atoms with van der Waals surface area (Å²) in [7, 11) is 0. The highest BCUT2D eigenvalue weighted by atomic mass is 15.0. The molecule has 3 nitrogen and oxygen atoms in total. The second-order valence-corrected chi connectivity index (χ2v) is 4.30. The maximum absolute atomic E-state index is 5.36. The number of aryl methyl sites for hydroxylation is 1. The fourth-order valence-electron chi connectivity index (χ4n) is 1.86. The molecule has 2 aromatic rings. The van der Waals surface area contributed by atoms with Crippen LogP contribution in [0.4, 0.5) is 5.82 Å². The number of aromatic nitrogens is 2. The van der Waals surface area contributed by atoms with Gasteiger partial charge in [0.15, 0.2) is 0 Å². The number of nitrogens with zero attached hydrogens (tertiary/aromatic N) is 2. The van der Waals surface area contributed by atoms with E-state index in [1.54, 1.807) is 0 Å². The van der Waals surface area contributed by atoms with E-state index < -0.39 is 0 Å². The third-order valence-corrected chi connectivity index (χ3v) is 2.94. The van der Waals surface area contributed by atoms with Gasteiger partial charge in [0.05, 0.1) is 16.7 Å². The largest absolute Gasteiger partial charge is 0.365 e. The molecule has 1 aromatic heterocycles. The smallest absolute Gasteiger partial charge is 0.148 e. The molecule has 3 heteroatoms. The second-order valence-electron chi connectivity index (χ2n) is 4.30. The minimum atomic E-state index is 0.254. The first-order valence-corrected chi connectivity index (χ1v) is 6.18. The normalized spacial score (nSPS) is 12.1. The number of anilines is 1. The number of fused-ring (bicyclic) bond motifs is 1. The van der Waals surface area contributed by atoms with Crippen molar-refractivity contribution in [1.82, 2.24) is 9.97 Å². The Balaban J connectivity index is 2.33. The van der Waals surface area contributed by atoms with Crippen LogP contribution in [-0.4, -0.2) is 16.0 Å². The molecule has 18 heavy (non-hydrogen) atoms. The molecule has 1 aromatic carbocycles. The van der Waals surface area contributed by atoms with E-state index in [0.29, 0.717) is 6.42 Å². The van der Waals surface area contributed by atoms with E-state index in [0.717, 1.165) is 29.0 Å². The molecule has 1 N–H and O–H groups in total. The minimum absolute atomic E-state index is 0.254. The molecule has 0 spiro atoms. The number of hydrogen-bond donors (Lipinski definition) is 1. The highest BCUT2D eigenvalue weighted by Gasteiger charge is 2.09. The number of rotatable bonds is 4. The van der Waals surface area contributed by atoms with Crippen molar-refractivity contribution in [3.63, 3.8) is 0 Å². The van der Waals surface area contributed by atoms with Crippen molar-refractivity contribution in [2.24, 2.45) is 0 Å². The molecule has 92 valence electrons. The van der Waals surface area contributed by atoms with Crippen LogP contribution in [0, 0.1) is 19.3 Å². The average Bonchev–Trinajstić information content (AvgIpc) is 2.39. The van der Waals surface area contributed by atoms with Crippen LogP contribution in [0.3, 0.4) is 0 Å². The Morgan fingerprint density at radius 1 is 1.28 bits per heavy atom. The predicted octanol–water partition coefficient (Wildman–Crippen LogP) is 3.15. The summed E-state index contributed by atoms with van der Waals surface area (Å²) in [4.78, 5) is 9.15. The first-order valence-electron chi connectivity index (χ1n) is 6.18. The molecule has 2 rings (SSSR count). The number of benzene rings is 1. The zero-order valence-corrected chi connectivity index (χ0v) is 10.8. The summed E-state index contributed by atoms with van der Waals surface area (Å²) in [5.74, 6) is 3.51. The molecule has 0 amide bonds. The molecular formula is C15H17N3. The maximum atomic E-state index is 5.36. The summed E-state index contributed by atoms with van der Waals surface area (Å²) in [6.07, 6.45) is 7.03. The van der Waals surface area contributed by atoms with Gasteiger partial charge in [0.2, 0.25) is 0 Å². The Kier molecular flexibility index (Phi) is 3.78. The first kappa shape index (κ1) is 12.4. The third kappa shape index (κ3) is 2.60. The lowest BCUT2D eigenvalue weighted by Gasteiger charge is -2.16. The Morgan fingerprint density at radius 3 is 2.56 bits per heavy atom. The van der Waals surface area contributed by atoms with Crippen molar-refractivity contribution in [2.45, 2.75) is 32.7 Å². The van der Waals surface area contributed by atoms with E-state index in [2.05, 4.69) is 28.1 Å². The van der Waals surface area contributed by atoms with Gasteiger partial charge in [-0.2, -0.15) is 0 Å². The van der Waals surface area contributed by atoms with Crippen LogP contribution in [0.1, 0.15) is 25.5 Å².